The van der Waals surface area contributed by atoms with E-state index in [1.54, 1.807) is 0 Å². The van der Waals surface area contributed by atoms with Crippen molar-refractivity contribution in [2.45, 2.75) is 33.5 Å². The first kappa shape index (κ1) is 15.7. The van der Waals surface area contributed by atoms with Crippen molar-refractivity contribution in [3.63, 3.8) is 0 Å². The molecule has 0 N–H and O–H groups in total. The predicted octanol–water partition coefficient (Wildman–Crippen LogP) is 2.83. The average Bonchev–Trinajstić information content (AvgIpc) is 3.03. The van der Waals surface area contributed by atoms with Crippen molar-refractivity contribution in [1.29, 1.82) is 0 Å². The van der Waals surface area contributed by atoms with Crippen LogP contribution in [0.5, 0.6) is 0 Å². The maximum Gasteiger partial charge on any atom is 0.243 e. The number of carbonyl (C=O) groups is 1. The molecule has 3 rings (SSSR count). The summed E-state index contributed by atoms with van der Waals surface area (Å²) in [5, 5.41) is 10.1. The largest absolute Gasteiger partial charge is 0.448 e. The number of nitrogens with zero attached hydrogens (tertiary/aromatic N) is 4. The Morgan fingerprint density at radius 1 is 1.35 bits per heavy atom. The van der Waals surface area contributed by atoms with Crippen LogP contribution < -0.4 is 0 Å². The summed E-state index contributed by atoms with van der Waals surface area (Å²) in [6, 6.07) is 9.62. The fourth-order valence-electron chi connectivity index (χ4n) is 2.51. The minimum absolute atomic E-state index is 0.165. The summed E-state index contributed by atoms with van der Waals surface area (Å²) in [5.41, 5.74) is 2.77. The number of amides is 1. The van der Waals surface area contributed by atoms with E-state index < -0.39 is 6.23 Å². The van der Waals surface area contributed by atoms with Crippen LogP contribution >= 0.6 is 15.9 Å². The van der Waals surface area contributed by atoms with E-state index in [1.807, 2.05) is 48.9 Å². The van der Waals surface area contributed by atoms with E-state index in [4.69, 9.17) is 4.74 Å². The highest BCUT2D eigenvalue weighted by molar-refractivity contribution is 9.10. The van der Waals surface area contributed by atoms with Crippen molar-refractivity contribution < 1.29 is 9.53 Å². The van der Waals surface area contributed by atoms with Gasteiger partial charge in [0.2, 0.25) is 18.0 Å². The fraction of sp³-hybridized carbons (Fsp3) is 0.312. The number of aromatic nitrogens is 2. The molecule has 6 nitrogen and oxygen atoms in total. The Labute approximate surface area is 142 Å². The van der Waals surface area contributed by atoms with Gasteiger partial charge in [-0.15, -0.1) is 5.10 Å². The van der Waals surface area contributed by atoms with Crippen molar-refractivity contribution in [3.05, 3.63) is 51.8 Å². The molecule has 0 spiro atoms. The smallest absolute Gasteiger partial charge is 0.243 e. The van der Waals surface area contributed by atoms with Crippen LogP contribution in [0.2, 0.25) is 0 Å². The van der Waals surface area contributed by atoms with E-state index in [2.05, 4.69) is 26.1 Å². The second-order valence-electron chi connectivity index (χ2n) is 5.46. The molecule has 2 aromatic rings. The van der Waals surface area contributed by atoms with Crippen LogP contribution in [-0.2, 0) is 16.1 Å². The molecule has 1 aliphatic rings. The minimum Gasteiger partial charge on any atom is -0.448 e. The zero-order valence-electron chi connectivity index (χ0n) is 13.2. The molecule has 120 valence electrons. The molecule has 1 aromatic heterocycles. The third-order valence-electron chi connectivity index (χ3n) is 3.55. The molecule has 0 saturated carbocycles. The standard InChI is InChI=1S/C16H17BrN4O2/c1-10-7-11(2)20(18-10)9-15-21(12(3)22)19-16(23-15)13-5-4-6-14(17)8-13/h4-8,15H,9H2,1-3H3/t15-/m1/s1. The summed E-state index contributed by atoms with van der Waals surface area (Å²) in [5.74, 6) is 0.273. The Bertz CT molecular complexity index is 784. The Morgan fingerprint density at radius 2 is 2.13 bits per heavy atom. The van der Waals surface area contributed by atoms with Gasteiger partial charge in [-0.25, -0.2) is 0 Å². The third-order valence-corrected chi connectivity index (χ3v) is 4.04. The maximum absolute atomic E-state index is 11.9. The van der Waals surface area contributed by atoms with Gasteiger partial charge in [-0.3, -0.25) is 9.48 Å². The number of rotatable bonds is 3. The molecule has 0 unspecified atom stereocenters. The van der Waals surface area contributed by atoms with Crippen LogP contribution in [0.15, 0.2) is 39.9 Å². The lowest BCUT2D eigenvalue weighted by atomic mass is 10.2. The molecule has 1 aromatic carbocycles. The maximum atomic E-state index is 11.9. The second kappa shape index (κ2) is 6.16. The van der Waals surface area contributed by atoms with Crippen LogP contribution in [-0.4, -0.2) is 32.8 Å². The van der Waals surface area contributed by atoms with E-state index in [1.165, 1.54) is 11.9 Å². The van der Waals surface area contributed by atoms with E-state index in [0.717, 1.165) is 21.4 Å². The quantitative estimate of drug-likeness (QED) is 0.827. The van der Waals surface area contributed by atoms with Gasteiger partial charge >= 0.3 is 0 Å². The van der Waals surface area contributed by atoms with Gasteiger partial charge in [0.15, 0.2) is 0 Å². The molecule has 1 amide bonds. The molecule has 1 aliphatic heterocycles. The van der Waals surface area contributed by atoms with E-state index >= 15 is 0 Å². The van der Waals surface area contributed by atoms with E-state index in [9.17, 15) is 4.79 Å². The van der Waals surface area contributed by atoms with Gasteiger partial charge in [0, 0.05) is 22.7 Å². The summed E-state index contributed by atoms with van der Waals surface area (Å²) in [7, 11) is 0. The van der Waals surface area contributed by atoms with Crippen LogP contribution in [0.25, 0.3) is 0 Å². The van der Waals surface area contributed by atoms with Crippen LogP contribution in [0.3, 0.4) is 0 Å². The summed E-state index contributed by atoms with van der Waals surface area (Å²) < 4.78 is 8.68. The molecule has 0 aliphatic carbocycles. The van der Waals surface area contributed by atoms with Crippen LogP contribution in [0.4, 0.5) is 0 Å². The van der Waals surface area contributed by atoms with Crippen LogP contribution in [0.1, 0.15) is 23.9 Å². The topological polar surface area (TPSA) is 59.7 Å². The van der Waals surface area contributed by atoms with E-state index in [0.29, 0.717) is 12.4 Å². The lowest BCUT2D eigenvalue weighted by Gasteiger charge is -2.19. The van der Waals surface area contributed by atoms with Gasteiger partial charge in [0.05, 0.1) is 12.2 Å². The number of hydrazone groups is 1. The first-order valence-corrected chi connectivity index (χ1v) is 8.05. The highest BCUT2D eigenvalue weighted by Crippen LogP contribution is 2.21. The molecular formula is C16H17BrN4O2. The molecule has 2 heterocycles. The third kappa shape index (κ3) is 3.29. The minimum atomic E-state index is -0.500. The second-order valence-corrected chi connectivity index (χ2v) is 6.38. The number of hydrogen-bond donors (Lipinski definition) is 0. The Balaban J connectivity index is 1.85. The number of benzene rings is 1. The summed E-state index contributed by atoms with van der Waals surface area (Å²) in [4.78, 5) is 11.9. The van der Waals surface area contributed by atoms with Gasteiger partial charge in [-0.1, -0.05) is 22.0 Å². The first-order valence-electron chi connectivity index (χ1n) is 7.26. The van der Waals surface area contributed by atoms with Crippen molar-refractivity contribution >= 4 is 27.7 Å². The normalized spacial score (nSPS) is 17.1. The summed E-state index contributed by atoms with van der Waals surface area (Å²) in [6.07, 6.45) is -0.500. The number of hydrogen-bond acceptors (Lipinski definition) is 4. The molecule has 0 radical (unpaired) electrons. The number of ether oxygens (including phenoxy) is 1. The molecule has 1 atom stereocenters. The van der Waals surface area contributed by atoms with E-state index in [-0.39, 0.29) is 5.91 Å². The molecular weight excluding hydrogens is 360 g/mol. The van der Waals surface area contributed by atoms with Crippen molar-refractivity contribution in [3.8, 4) is 0 Å². The molecule has 23 heavy (non-hydrogen) atoms. The Morgan fingerprint density at radius 3 is 2.74 bits per heavy atom. The van der Waals surface area contributed by atoms with Gasteiger partial charge in [0.25, 0.3) is 0 Å². The molecule has 0 fully saturated rings. The highest BCUT2D eigenvalue weighted by atomic mass is 79.9. The zero-order chi connectivity index (χ0) is 16.6. The number of halogens is 1. The highest BCUT2D eigenvalue weighted by Gasteiger charge is 2.32. The van der Waals surface area contributed by atoms with Gasteiger partial charge in [-0.2, -0.15) is 10.1 Å². The van der Waals surface area contributed by atoms with Crippen molar-refractivity contribution in [2.75, 3.05) is 0 Å². The lowest BCUT2D eigenvalue weighted by molar-refractivity contribution is -0.135. The molecule has 0 saturated heterocycles. The molecule has 7 heteroatoms. The fourth-order valence-corrected chi connectivity index (χ4v) is 2.91. The monoisotopic (exact) mass is 376 g/mol. The molecule has 0 bridgehead atoms. The SMILES string of the molecule is CC(=O)N1N=C(c2cccc(Br)c2)O[C@@H]1Cn1nc(C)cc1C. The lowest BCUT2D eigenvalue weighted by Crippen LogP contribution is -2.36. The number of aryl methyl sites for hydroxylation is 2. The average molecular weight is 377 g/mol. The summed E-state index contributed by atoms with van der Waals surface area (Å²) >= 11 is 3.43. The van der Waals surface area contributed by atoms with Crippen LogP contribution in [0, 0.1) is 13.8 Å². The Hall–Kier alpha value is -2.15. The van der Waals surface area contributed by atoms with Crippen molar-refractivity contribution in [1.82, 2.24) is 14.8 Å². The first-order chi connectivity index (χ1) is 10.9. The van der Waals surface area contributed by atoms with Gasteiger partial charge in [0.1, 0.15) is 0 Å². The zero-order valence-corrected chi connectivity index (χ0v) is 14.7. The van der Waals surface area contributed by atoms with Crippen molar-refractivity contribution in [2.24, 2.45) is 5.10 Å². The summed E-state index contributed by atoms with van der Waals surface area (Å²) in [6.45, 7) is 5.82. The van der Waals surface area contributed by atoms with Gasteiger partial charge in [-0.05, 0) is 38.1 Å². The predicted molar refractivity (Wildman–Crippen MR) is 89.8 cm³/mol. The Kier molecular flexibility index (Phi) is 4.21. The number of carbonyl (C=O) groups excluding carboxylic acids is 1. The van der Waals surface area contributed by atoms with Gasteiger partial charge < -0.3 is 4.74 Å².